The van der Waals surface area contributed by atoms with Crippen molar-refractivity contribution in [3.05, 3.63) is 55.1 Å². The Morgan fingerprint density at radius 1 is 1.12 bits per heavy atom. The Morgan fingerprint density at radius 3 is 2.35 bits per heavy atom. The molecule has 17 heavy (non-hydrogen) atoms. The van der Waals surface area contributed by atoms with Gasteiger partial charge in [-0.15, -0.1) is 6.58 Å². The molecule has 2 aromatic rings. The van der Waals surface area contributed by atoms with Crippen molar-refractivity contribution in [1.82, 2.24) is 9.97 Å². The third-order valence-corrected chi connectivity index (χ3v) is 2.23. The molecule has 0 amide bonds. The van der Waals surface area contributed by atoms with Crippen LogP contribution in [0.25, 0.3) is 11.1 Å². The van der Waals surface area contributed by atoms with E-state index in [9.17, 15) is 4.39 Å². The number of benzene rings is 1. The Bertz CT molecular complexity index is 491. The van der Waals surface area contributed by atoms with E-state index in [0.717, 1.165) is 11.1 Å². The minimum Gasteiger partial charge on any atom is -0.351 e. The topological polar surface area (TPSA) is 37.8 Å². The molecule has 0 radical (unpaired) electrons. The van der Waals surface area contributed by atoms with Crippen molar-refractivity contribution in [2.45, 2.75) is 0 Å². The molecule has 1 aromatic heterocycles. The Kier molecular flexibility index (Phi) is 3.45. The van der Waals surface area contributed by atoms with Gasteiger partial charge in [0.15, 0.2) is 0 Å². The number of aromatic nitrogens is 2. The van der Waals surface area contributed by atoms with Crippen LogP contribution in [0.1, 0.15) is 0 Å². The lowest BCUT2D eigenvalue weighted by Gasteiger charge is -2.03. The summed E-state index contributed by atoms with van der Waals surface area (Å²) in [5, 5.41) is 2.98. The lowest BCUT2D eigenvalue weighted by molar-refractivity contribution is 0.628. The normalized spacial score (nSPS) is 9.94. The molecule has 86 valence electrons. The number of nitrogens with zero attached hydrogens (tertiary/aromatic N) is 2. The Balaban J connectivity index is 2.17. The summed E-state index contributed by atoms with van der Waals surface area (Å²) in [4.78, 5) is 8.30. The van der Waals surface area contributed by atoms with E-state index in [1.165, 1.54) is 12.1 Å². The number of halogens is 1. The molecular formula is C13H12FN3. The molecule has 4 heteroatoms. The van der Waals surface area contributed by atoms with E-state index >= 15 is 0 Å². The minimum absolute atomic E-state index is 0.251. The molecule has 0 atom stereocenters. The fraction of sp³-hybridized carbons (Fsp3) is 0.0769. The Morgan fingerprint density at radius 2 is 1.76 bits per heavy atom. The molecule has 1 heterocycles. The molecule has 2 rings (SSSR count). The highest BCUT2D eigenvalue weighted by molar-refractivity contribution is 5.61. The Labute approximate surface area is 99.0 Å². The lowest BCUT2D eigenvalue weighted by Crippen LogP contribution is -2.02. The predicted octanol–water partition coefficient (Wildman–Crippen LogP) is 2.88. The van der Waals surface area contributed by atoms with Crippen LogP contribution in [0.3, 0.4) is 0 Å². The molecule has 0 bridgehead atoms. The number of rotatable bonds is 4. The van der Waals surface area contributed by atoms with Crippen LogP contribution in [-0.2, 0) is 0 Å². The fourth-order valence-corrected chi connectivity index (χ4v) is 1.37. The lowest BCUT2D eigenvalue weighted by atomic mass is 10.1. The second-order valence-corrected chi connectivity index (χ2v) is 3.47. The summed E-state index contributed by atoms with van der Waals surface area (Å²) in [7, 11) is 0. The van der Waals surface area contributed by atoms with Crippen LogP contribution in [0.2, 0.25) is 0 Å². The van der Waals surface area contributed by atoms with Crippen molar-refractivity contribution < 1.29 is 4.39 Å². The maximum atomic E-state index is 12.8. The summed E-state index contributed by atoms with van der Waals surface area (Å²) >= 11 is 0. The summed E-state index contributed by atoms with van der Waals surface area (Å²) in [5.74, 6) is 0.301. The first-order chi connectivity index (χ1) is 8.29. The highest BCUT2D eigenvalue weighted by Gasteiger charge is 2.00. The van der Waals surface area contributed by atoms with Gasteiger partial charge < -0.3 is 5.32 Å². The first-order valence-corrected chi connectivity index (χ1v) is 5.22. The molecule has 0 aliphatic heterocycles. The molecule has 0 unspecified atom stereocenters. The number of hydrogen-bond donors (Lipinski definition) is 1. The maximum Gasteiger partial charge on any atom is 0.222 e. The molecule has 0 aliphatic carbocycles. The van der Waals surface area contributed by atoms with Crippen LogP contribution in [-0.4, -0.2) is 16.5 Å². The first-order valence-electron chi connectivity index (χ1n) is 5.22. The standard InChI is InChI=1S/C13H12FN3/c1-2-7-15-13-16-8-11(9-17-13)10-3-5-12(14)6-4-10/h2-6,8-9H,1,7H2,(H,15,16,17). The highest BCUT2D eigenvalue weighted by Crippen LogP contribution is 2.18. The second kappa shape index (κ2) is 5.21. The second-order valence-electron chi connectivity index (χ2n) is 3.47. The van der Waals surface area contributed by atoms with E-state index < -0.39 is 0 Å². The molecule has 0 saturated carbocycles. The van der Waals surface area contributed by atoms with Crippen LogP contribution in [0.4, 0.5) is 10.3 Å². The van der Waals surface area contributed by atoms with Gasteiger partial charge in [-0.3, -0.25) is 0 Å². The van der Waals surface area contributed by atoms with Crippen molar-refractivity contribution in [3.63, 3.8) is 0 Å². The zero-order chi connectivity index (χ0) is 12.1. The zero-order valence-electron chi connectivity index (χ0n) is 9.23. The number of anilines is 1. The van der Waals surface area contributed by atoms with E-state index in [-0.39, 0.29) is 5.82 Å². The monoisotopic (exact) mass is 229 g/mol. The van der Waals surface area contributed by atoms with Crippen LogP contribution >= 0.6 is 0 Å². The molecule has 1 aromatic carbocycles. The van der Waals surface area contributed by atoms with Gasteiger partial charge in [0.2, 0.25) is 5.95 Å². The van der Waals surface area contributed by atoms with Crippen molar-refractivity contribution in [3.8, 4) is 11.1 Å². The maximum absolute atomic E-state index is 12.8. The van der Waals surface area contributed by atoms with E-state index in [4.69, 9.17) is 0 Å². The van der Waals surface area contributed by atoms with Gasteiger partial charge in [0.25, 0.3) is 0 Å². The molecule has 0 fully saturated rings. The van der Waals surface area contributed by atoms with Gasteiger partial charge in [0.05, 0.1) is 0 Å². The van der Waals surface area contributed by atoms with Crippen LogP contribution in [0.5, 0.6) is 0 Å². The van der Waals surface area contributed by atoms with Crippen LogP contribution in [0.15, 0.2) is 49.3 Å². The van der Waals surface area contributed by atoms with Gasteiger partial charge in [0, 0.05) is 24.5 Å². The fourth-order valence-electron chi connectivity index (χ4n) is 1.37. The van der Waals surface area contributed by atoms with Crippen LogP contribution < -0.4 is 5.32 Å². The molecule has 0 aliphatic rings. The molecule has 3 nitrogen and oxygen atoms in total. The summed E-state index contributed by atoms with van der Waals surface area (Å²) in [6.45, 7) is 4.22. The van der Waals surface area contributed by atoms with Gasteiger partial charge in [-0.1, -0.05) is 18.2 Å². The smallest absolute Gasteiger partial charge is 0.222 e. The van der Waals surface area contributed by atoms with Crippen molar-refractivity contribution in [1.29, 1.82) is 0 Å². The largest absolute Gasteiger partial charge is 0.351 e. The first kappa shape index (κ1) is 11.3. The highest BCUT2D eigenvalue weighted by atomic mass is 19.1. The van der Waals surface area contributed by atoms with Crippen LogP contribution in [0, 0.1) is 5.82 Å². The minimum atomic E-state index is -0.251. The van der Waals surface area contributed by atoms with Crippen molar-refractivity contribution in [2.75, 3.05) is 11.9 Å². The molecule has 0 spiro atoms. The average molecular weight is 229 g/mol. The SMILES string of the molecule is C=CCNc1ncc(-c2ccc(F)cc2)cn1. The predicted molar refractivity (Wildman–Crippen MR) is 66.1 cm³/mol. The van der Waals surface area contributed by atoms with Crippen molar-refractivity contribution >= 4 is 5.95 Å². The van der Waals surface area contributed by atoms with E-state index in [1.807, 2.05) is 0 Å². The summed E-state index contributed by atoms with van der Waals surface area (Å²) < 4.78 is 12.8. The third kappa shape index (κ3) is 2.87. The quantitative estimate of drug-likeness (QED) is 0.819. The summed E-state index contributed by atoms with van der Waals surface area (Å²) in [6, 6.07) is 6.23. The van der Waals surface area contributed by atoms with E-state index in [0.29, 0.717) is 12.5 Å². The third-order valence-electron chi connectivity index (χ3n) is 2.23. The molecular weight excluding hydrogens is 217 g/mol. The van der Waals surface area contributed by atoms with Gasteiger partial charge >= 0.3 is 0 Å². The molecule has 0 saturated heterocycles. The van der Waals surface area contributed by atoms with Crippen molar-refractivity contribution in [2.24, 2.45) is 0 Å². The van der Waals surface area contributed by atoms with Gasteiger partial charge in [-0.25, -0.2) is 14.4 Å². The van der Waals surface area contributed by atoms with E-state index in [1.54, 1.807) is 30.6 Å². The average Bonchev–Trinajstić information content (AvgIpc) is 2.38. The van der Waals surface area contributed by atoms with Gasteiger partial charge in [0.1, 0.15) is 5.82 Å². The van der Waals surface area contributed by atoms with Gasteiger partial charge in [-0.05, 0) is 17.7 Å². The number of nitrogens with one attached hydrogen (secondary N) is 1. The Hall–Kier alpha value is -2.23. The number of hydrogen-bond acceptors (Lipinski definition) is 3. The summed E-state index contributed by atoms with van der Waals surface area (Å²) in [6.07, 6.45) is 5.13. The molecule has 1 N–H and O–H groups in total. The summed E-state index contributed by atoms with van der Waals surface area (Å²) in [5.41, 5.74) is 1.75. The zero-order valence-corrected chi connectivity index (χ0v) is 9.23. The van der Waals surface area contributed by atoms with Gasteiger partial charge in [-0.2, -0.15) is 0 Å². The van der Waals surface area contributed by atoms with E-state index in [2.05, 4.69) is 21.9 Å².